The van der Waals surface area contributed by atoms with Crippen molar-refractivity contribution in [3.8, 4) is 11.4 Å². The topological polar surface area (TPSA) is 85.1 Å². The van der Waals surface area contributed by atoms with Gasteiger partial charge in [-0.2, -0.15) is 4.98 Å². The predicted molar refractivity (Wildman–Crippen MR) is 107 cm³/mol. The molecule has 1 aromatic heterocycles. The second kappa shape index (κ2) is 7.53. The first-order valence-electron chi connectivity index (χ1n) is 8.34. The molecule has 0 aliphatic carbocycles. The van der Waals surface area contributed by atoms with Gasteiger partial charge in [-0.15, -0.1) is 0 Å². The number of nitrogens with zero attached hydrogens (tertiary/aromatic N) is 2. The van der Waals surface area contributed by atoms with Crippen molar-refractivity contribution in [1.82, 2.24) is 14.9 Å². The lowest BCUT2D eigenvalue weighted by molar-refractivity contribution is 0.376. The van der Waals surface area contributed by atoms with Crippen molar-refractivity contribution in [2.75, 3.05) is 0 Å². The average Bonchev–Trinajstić information content (AvgIpc) is 3.09. The molecule has 27 heavy (non-hydrogen) atoms. The summed E-state index contributed by atoms with van der Waals surface area (Å²) in [6.45, 7) is 6.36. The Bertz CT molecular complexity index is 1020. The quantitative estimate of drug-likeness (QED) is 0.628. The number of benzene rings is 2. The smallest absolute Gasteiger partial charge is 0.242 e. The van der Waals surface area contributed by atoms with Crippen LogP contribution in [-0.2, 0) is 22.0 Å². The maximum absolute atomic E-state index is 12.3. The van der Waals surface area contributed by atoms with Crippen molar-refractivity contribution < 1.29 is 12.9 Å². The first-order chi connectivity index (χ1) is 12.6. The van der Waals surface area contributed by atoms with Gasteiger partial charge in [0.15, 0.2) is 0 Å². The highest BCUT2D eigenvalue weighted by Crippen LogP contribution is 2.25. The van der Waals surface area contributed by atoms with Crippen LogP contribution in [0.1, 0.15) is 32.2 Å². The Labute approximate surface area is 167 Å². The third-order valence-electron chi connectivity index (χ3n) is 4.01. The standard InChI is InChI=1S/C19H20BrN3O3S/c1-19(2,3)14-6-4-13(5-7-14)18-22-17(26-23-18)12-21-27(24,25)16-10-8-15(20)9-11-16/h4-11,21H,12H2,1-3H3. The van der Waals surface area contributed by atoms with Crippen LogP contribution < -0.4 is 4.72 Å². The lowest BCUT2D eigenvalue weighted by atomic mass is 9.87. The van der Waals surface area contributed by atoms with Gasteiger partial charge in [-0.05, 0) is 35.2 Å². The molecule has 0 aliphatic rings. The third-order valence-corrected chi connectivity index (χ3v) is 5.96. The molecular weight excluding hydrogens is 430 g/mol. The van der Waals surface area contributed by atoms with Gasteiger partial charge in [0.2, 0.25) is 21.7 Å². The number of rotatable bonds is 5. The molecule has 0 bridgehead atoms. The Morgan fingerprint density at radius 3 is 2.26 bits per heavy atom. The Hall–Kier alpha value is -2.03. The van der Waals surface area contributed by atoms with Crippen molar-refractivity contribution in [2.24, 2.45) is 0 Å². The second-order valence-corrected chi connectivity index (χ2v) is 9.80. The van der Waals surface area contributed by atoms with Crippen LogP contribution in [0, 0.1) is 0 Å². The number of hydrogen-bond acceptors (Lipinski definition) is 5. The fourth-order valence-corrected chi connectivity index (χ4v) is 3.66. The summed E-state index contributed by atoms with van der Waals surface area (Å²) < 4.78 is 33.1. The largest absolute Gasteiger partial charge is 0.338 e. The third kappa shape index (κ3) is 4.82. The van der Waals surface area contributed by atoms with Crippen molar-refractivity contribution in [3.05, 3.63) is 64.5 Å². The maximum Gasteiger partial charge on any atom is 0.242 e. The van der Waals surface area contributed by atoms with Gasteiger partial charge in [-0.3, -0.25) is 0 Å². The highest BCUT2D eigenvalue weighted by molar-refractivity contribution is 9.10. The van der Waals surface area contributed by atoms with Crippen molar-refractivity contribution in [3.63, 3.8) is 0 Å². The minimum atomic E-state index is -3.65. The van der Waals surface area contributed by atoms with Crippen LogP contribution in [0.2, 0.25) is 0 Å². The van der Waals surface area contributed by atoms with E-state index in [9.17, 15) is 8.42 Å². The molecule has 3 rings (SSSR count). The minimum absolute atomic E-state index is 0.0618. The summed E-state index contributed by atoms with van der Waals surface area (Å²) in [5.74, 6) is 0.624. The average molecular weight is 450 g/mol. The summed E-state index contributed by atoms with van der Waals surface area (Å²) in [5, 5.41) is 3.94. The molecule has 0 amide bonds. The van der Waals surface area contributed by atoms with E-state index in [2.05, 4.69) is 51.6 Å². The molecule has 2 aromatic carbocycles. The summed E-state index contributed by atoms with van der Waals surface area (Å²) in [4.78, 5) is 4.44. The van der Waals surface area contributed by atoms with E-state index >= 15 is 0 Å². The van der Waals surface area contributed by atoms with Gasteiger partial charge in [-0.25, -0.2) is 13.1 Å². The van der Waals surface area contributed by atoms with E-state index in [1.807, 2.05) is 24.3 Å². The zero-order chi connectivity index (χ0) is 19.7. The fraction of sp³-hybridized carbons (Fsp3) is 0.263. The van der Waals surface area contributed by atoms with Crippen LogP contribution >= 0.6 is 15.9 Å². The monoisotopic (exact) mass is 449 g/mol. The molecule has 0 saturated carbocycles. The SMILES string of the molecule is CC(C)(C)c1ccc(-c2noc(CNS(=O)(=O)c3ccc(Br)cc3)n2)cc1. The van der Waals surface area contributed by atoms with Crippen LogP contribution in [0.3, 0.4) is 0 Å². The zero-order valence-electron chi connectivity index (χ0n) is 15.2. The van der Waals surface area contributed by atoms with E-state index in [4.69, 9.17) is 4.52 Å². The van der Waals surface area contributed by atoms with Gasteiger partial charge >= 0.3 is 0 Å². The number of sulfonamides is 1. The highest BCUT2D eigenvalue weighted by Gasteiger charge is 2.17. The van der Waals surface area contributed by atoms with Gasteiger partial charge in [-0.1, -0.05) is 66.1 Å². The van der Waals surface area contributed by atoms with E-state index in [0.29, 0.717) is 5.82 Å². The van der Waals surface area contributed by atoms with Crippen molar-refractivity contribution in [1.29, 1.82) is 0 Å². The molecular formula is C19H20BrN3O3S. The van der Waals surface area contributed by atoms with Gasteiger partial charge in [0.25, 0.3) is 0 Å². The molecule has 8 heteroatoms. The van der Waals surface area contributed by atoms with Gasteiger partial charge in [0, 0.05) is 10.0 Å². The van der Waals surface area contributed by atoms with Crippen LogP contribution in [0.4, 0.5) is 0 Å². The Kier molecular flexibility index (Phi) is 5.50. The minimum Gasteiger partial charge on any atom is -0.338 e. The summed E-state index contributed by atoms with van der Waals surface area (Å²) in [6, 6.07) is 14.3. The molecule has 6 nitrogen and oxygen atoms in total. The molecule has 0 fully saturated rings. The lowest BCUT2D eigenvalue weighted by Gasteiger charge is -2.18. The molecule has 0 radical (unpaired) electrons. The molecule has 0 saturated heterocycles. The van der Waals surface area contributed by atoms with E-state index in [0.717, 1.165) is 10.0 Å². The van der Waals surface area contributed by atoms with Gasteiger partial charge in [0.1, 0.15) is 0 Å². The molecule has 142 valence electrons. The van der Waals surface area contributed by atoms with E-state index < -0.39 is 10.0 Å². The molecule has 0 atom stereocenters. The van der Waals surface area contributed by atoms with E-state index in [1.54, 1.807) is 12.1 Å². The van der Waals surface area contributed by atoms with Crippen LogP contribution in [0.25, 0.3) is 11.4 Å². The Balaban J connectivity index is 1.70. The molecule has 0 unspecified atom stereocenters. The van der Waals surface area contributed by atoms with Crippen LogP contribution in [0.15, 0.2) is 62.4 Å². The predicted octanol–water partition coefficient (Wildman–Crippen LogP) is 4.28. The molecule has 1 heterocycles. The lowest BCUT2D eigenvalue weighted by Crippen LogP contribution is -2.23. The zero-order valence-corrected chi connectivity index (χ0v) is 17.6. The first-order valence-corrected chi connectivity index (χ1v) is 10.6. The first kappa shape index (κ1) is 19.7. The number of hydrogen-bond donors (Lipinski definition) is 1. The summed E-state index contributed by atoms with van der Waals surface area (Å²) in [6.07, 6.45) is 0. The Morgan fingerprint density at radius 1 is 1.04 bits per heavy atom. The Morgan fingerprint density at radius 2 is 1.67 bits per heavy atom. The number of halogens is 1. The normalized spacial score (nSPS) is 12.3. The van der Waals surface area contributed by atoms with Gasteiger partial charge < -0.3 is 4.52 Å². The summed E-state index contributed by atoms with van der Waals surface area (Å²) in [5.41, 5.74) is 2.08. The summed E-state index contributed by atoms with van der Waals surface area (Å²) >= 11 is 3.28. The second-order valence-electron chi connectivity index (χ2n) is 7.12. The van der Waals surface area contributed by atoms with Crippen molar-refractivity contribution >= 4 is 26.0 Å². The number of aromatic nitrogens is 2. The molecule has 1 N–H and O–H groups in total. The fourth-order valence-electron chi connectivity index (χ4n) is 2.42. The molecule has 0 aliphatic heterocycles. The van der Waals surface area contributed by atoms with E-state index in [1.165, 1.54) is 17.7 Å². The molecule has 3 aromatic rings. The van der Waals surface area contributed by atoms with Crippen LogP contribution in [-0.4, -0.2) is 18.6 Å². The van der Waals surface area contributed by atoms with E-state index in [-0.39, 0.29) is 22.7 Å². The van der Waals surface area contributed by atoms with Gasteiger partial charge in [0.05, 0.1) is 11.4 Å². The summed E-state index contributed by atoms with van der Waals surface area (Å²) in [7, 11) is -3.65. The molecule has 0 spiro atoms. The van der Waals surface area contributed by atoms with Crippen LogP contribution in [0.5, 0.6) is 0 Å². The maximum atomic E-state index is 12.3. The number of nitrogens with one attached hydrogen (secondary N) is 1. The highest BCUT2D eigenvalue weighted by atomic mass is 79.9. The van der Waals surface area contributed by atoms with Crippen molar-refractivity contribution in [2.45, 2.75) is 37.6 Å².